The van der Waals surface area contributed by atoms with E-state index in [0.29, 0.717) is 18.2 Å². The Morgan fingerprint density at radius 3 is 2.92 bits per heavy atom. The fraction of sp³-hybridized carbons (Fsp3) is 0.412. The Morgan fingerprint density at radius 2 is 2.12 bits per heavy atom. The summed E-state index contributed by atoms with van der Waals surface area (Å²) < 4.78 is 5.33. The van der Waals surface area contributed by atoms with Gasteiger partial charge in [-0.3, -0.25) is 14.7 Å². The highest BCUT2D eigenvalue weighted by Gasteiger charge is 2.11. The van der Waals surface area contributed by atoms with E-state index in [1.54, 1.807) is 24.7 Å². The number of nitrogens with one attached hydrogen (secondary N) is 2. The van der Waals surface area contributed by atoms with Crippen molar-refractivity contribution in [2.45, 2.75) is 6.54 Å². The van der Waals surface area contributed by atoms with Crippen LogP contribution in [0.1, 0.15) is 16.1 Å². The van der Waals surface area contributed by atoms with Crippen molar-refractivity contribution in [2.24, 2.45) is 0 Å². The van der Waals surface area contributed by atoms with Crippen LogP contribution in [0.15, 0.2) is 36.8 Å². The number of aromatic nitrogens is 3. The largest absolute Gasteiger partial charge is 0.379 e. The van der Waals surface area contributed by atoms with Crippen molar-refractivity contribution in [1.82, 2.24) is 25.2 Å². The molecule has 2 aromatic heterocycles. The van der Waals surface area contributed by atoms with Gasteiger partial charge in [-0.15, -0.1) is 0 Å². The van der Waals surface area contributed by atoms with Gasteiger partial charge >= 0.3 is 0 Å². The summed E-state index contributed by atoms with van der Waals surface area (Å²) in [5.74, 6) is 0.227. The second-order valence-electron chi connectivity index (χ2n) is 5.69. The van der Waals surface area contributed by atoms with Gasteiger partial charge < -0.3 is 15.4 Å². The Kier molecular flexibility index (Phi) is 6.24. The number of morpholine rings is 1. The molecule has 1 aliphatic heterocycles. The fourth-order valence-electron chi connectivity index (χ4n) is 2.50. The molecular weight excluding hydrogens is 320 g/mol. The topological polar surface area (TPSA) is 92.3 Å². The minimum Gasteiger partial charge on any atom is -0.379 e. The number of carbonyl (C=O) groups is 1. The molecule has 0 saturated carbocycles. The third kappa shape index (κ3) is 5.47. The number of amides is 1. The maximum atomic E-state index is 12.2. The van der Waals surface area contributed by atoms with Crippen LogP contribution in [0.5, 0.6) is 0 Å². The highest BCUT2D eigenvalue weighted by atomic mass is 16.5. The van der Waals surface area contributed by atoms with Gasteiger partial charge in [0.05, 0.1) is 13.2 Å². The van der Waals surface area contributed by atoms with Crippen molar-refractivity contribution >= 4 is 11.9 Å². The van der Waals surface area contributed by atoms with E-state index in [0.717, 1.165) is 45.0 Å². The zero-order valence-electron chi connectivity index (χ0n) is 14.0. The van der Waals surface area contributed by atoms with Crippen molar-refractivity contribution < 1.29 is 9.53 Å². The molecule has 0 atom stereocenters. The minimum atomic E-state index is -0.234. The number of ether oxygens (including phenoxy) is 1. The summed E-state index contributed by atoms with van der Waals surface area (Å²) in [6.07, 6.45) is 5.01. The van der Waals surface area contributed by atoms with Gasteiger partial charge in [0.1, 0.15) is 5.69 Å². The number of nitrogens with zero attached hydrogens (tertiary/aromatic N) is 4. The van der Waals surface area contributed by atoms with Gasteiger partial charge in [-0.2, -0.15) is 0 Å². The van der Waals surface area contributed by atoms with E-state index >= 15 is 0 Å². The zero-order valence-corrected chi connectivity index (χ0v) is 14.0. The summed E-state index contributed by atoms with van der Waals surface area (Å²) in [6, 6.07) is 5.35. The first-order valence-electron chi connectivity index (χ1n) is 8.35. The van der Waals surface area contributed by atoms with Crippen molar-refractivity contribution in [3.05, 3.63) is 48.0 Å². The zero-order chi connectivity index (χ0) is 17.3. The third-order valence-corrected chi connectivity index (χ3v) is 3.88. The molecule has 0 unspecified atom stereocenters. The molecule has 1 amide bonds. The predicted molar refractivity (Wildman–Crippen MR) is 93.2 cm³/mol. The van der Waals surface area contributed by atoms with Crippen molar-refractivity contribution in [3.63, 3.8) is 0 Å². The third-order valence-electron chi connectivity index (χ3n) is 3.88. The summed E-state index contributed by atoms with van der Waals surface area (Å²) in [5.41, 5.74) is 1.28. The Morgan fingerprint density at radius 1 is 1.24 bits per heavy atom. The van der Waals surface area contributed by atoms with E-state index in [-0.39, 0.29) is 5.91 Å². The lowest BCUT2D eigenvalue weighted by atomic mass is 10.3. The second-order valence-corrected chi connectivity index (χ2v) is 5.69. The first-order chi connectivity index (χ1) is 12.3. The molecule has 0 spiro atoms. The van der Waals surface area contributed by atoms with Crippen molar-refractivity contribution in [3.8, 4) is 0 Å². The molecule has 0 bridgehead atoms. The van der Waals surface area contributed by atoms with Gasteiger partial charge in [0.25, 0.3) is 5.91 Å². The molecule has 0 aliphatic carbocycles. The Labute approximate surface area is 146 Å². The van der Waals surface area contributed by atoms with Crippen LogP contribution in [0.3, 0.4) is 0 Å². The van der Waals surface area contributed by atoms with Crippen LogP contribution in [-0.2, 0) is 11.3 Å². The van der Waals surface area contributed by atoms with Crippen LogP contribution < -0.4 is 10.6 Å². The fourth-order valence-corrected chi connectivity index (χ4v) is 2.50. The molecule has 1 fully saturated rings. The van der Waals surface area contributed by atoms with Crippen LogP contribution in [0, 0.1) is 0 Å². The smallest absolute Gasteiger partial charge is 0.270 e. The molecule has 1 aliphatic rings. The molecule has 3 heterocycles. The lowest BCUT2D eigenvalue weighted by Crippen LogP contribution is -2.39. The number of hydrogen-bond donors (Lipinski definition) is 2. The SMILES string of the molecule is O=C(NCc1cccnc1)c1ccnc(NCCN2CCOCC2)n1. The highest BCUT2D eigenvalue weighted by molar-refractivity contribution is 5.92. The normalized spacial score (nSPS) is 14.9. The van der Waals surface area contributed by atoms with Crippen LogP contribution in [0.2, 0.25) is 0 Å². The molecular formula is C17H22N6O2. The molecule has 2 aromatic rings. The summed E-state index contributed by atoms with van der Waals surface area (Å²) in [4.78, 5) is 27.0. The summed E-state index contributed by atoms with van der Waals surface area (Å²) in [5, 5.41) is 6.00. The van der Waals surface area contributed by atoms with E-state index in [2.05, 4.69) is 30.5 Å². The van der Waals surface area contributed by atoms with Gasteiger partial charge in [0, 0.05) is 51.3 Å². The van der Waals surface area contributed by atoms with Gasteiger partial charge in [-0.05, 0) is 17.7 Å². The molecule has 0 aromatic carbocycles. The van der Waals surface area contributed by atoms with E-state index < -0.39 is 0 Å². The minimum absolute atomic E-state index is 0.234. The molecule has 132 valence electrons. The Hall–Kier alpha value is -2.58. The van der Waals surface area contributed by atoms with Crippen LogP contribution in [0.25, 0.3) is 0 Å². The molecule has 25 heavy (non-hydrogen) atoms. The molecule has 0 radical (unpaired) electrons. The number of anilines is 1. The number of carbonyl (C=O) groups excluding carboxylic acids is 1. The van der Waals surface area contributed by atoms with Gasteiger partial charge in [-0.25, -0.2) is 9.97 Å². The van der Waals surface area contributed by atoms with Gasteiger partial charge in [0.2, 0.25) is 5.95 Å². The Bertz CT molecular complexity index is 676. The maximum absolute atomic E-state index is 12.2. The summed E-state index contributed by atoms with van der Waals surface area (Å²) in [6.45, 7) is 5.48. The first kappa shape index (κ1) is 17.2. The number of rotatable bonds is 7. The Balaban J connectivity index is 1.47. The number of hydrogen-bond acceptors (Lipinski definition) is 7. The van der Waals surface area contributed by atoms with E-state index in [4.69, 9.17) is 4.74 Å². The molecule has 8 nitrogen and oxygen atoms in total. The molecule has 8 heteroatoms. The highest BCUT2D eigenvalue weighted by Crippen LogP contribution is 2.02. The molecule has 3 rings (SSSR count). The molecule has 2 N–H and O–H groups in total. The van der Waals surface area contributed by atoms with Gasteiger partial charge in [0.15, 0.2) is 0 Å². The monoisotopic (exact) mass is 342 g/mol. The van der Waals surface area contributed by atoms with Crippen LogP contribution in [0.4, 0.5) is 5.95 Å². The van der Waals surface area contributed by atoms with Crippen LogP contribution >= 0.6 is 0 Å². The van der Waals surface area contributed by atoms with Crippen molar-refractivity contribution in [1.29, 1.82) is 0 Å². The van der Waals surface area contributed by atoms with Gasteiger partial charge in [-0.1, -0.05) is 6.07 Å². The quantitative estimate of drug-likeness (QED) is 0.759. The molecule has 1 saturated heterocycles. The second kappa shape index (κ2) is 9.05. The van der Waals surface area contributed by atoms with E-state index in [9.17, 15) is 4.79 Å². The first-order valence-corrected chi connectivity index (χ1v) is 8.35. The number of pyridine rings is 1. The summed E-state index contributed by atoms with van der Waals surface area (Å²) >= 11 is 0. The van der Waals surface area contributed by atoms with Crippen molar-refractivity contribution in [2.75, 3.05) is 44.7 Å². The standard InChI is InChI=1S/C17H22N6O2/c24-16(21-13-14-2-1-4-18-12-14)15-3-5-19-17(22-15)20-6-7-23-8-10-25-11-9-23/h1-5,12H,6-11,13H2,(H,21,24)(H,19,20,22). The van der Waals surface area contributed by atoms with E-state index in [1.807, 2.05) is 12.1 Å². The average Bonchev–Trinajstić information content (AvgIpc) is 2.68. The lowest BCUT2D eigenvalue weighted by molar-refractivity contribution is 0.0398. The maximum Gasteiger partial charge on any atom is 0.270 e. The summed E-state index contributed by atoms with van der Waals surface area (Å²) in [7, 11) is 0. The predicted octanol–water partition coefficient (Wildman–Crippen LogP) is 0.546. The van der Waals surface area contributed by atoms with Crippen LogP contribution in [-0.4, -0.2) is 65.2 Å². The van der Waals surface area contributed by atoms with E-state index in [1.165, 1.54) is 0 Å². The average molecular weight is 342 g/mol. The lowest BCUT2D eigenvalue weighted by Gasteiger charge is -2.26.